The number of aromatic nitrogens is 3. The van der Waals surface area contributed by atoms with Gasteiger partial charge in [-0.15, -0.1) is 0 Å². The highest BCUT2D eigenvalue weighted by Crippen LogP contribution is 2.33. The zero-order chi connectivity index (χ0) is 17.9. The van der Waals surface area contributed by atoms with Crippen molar-refractivity contribution in [2.75, 3.05) is 26.7 Å². The first kappa shape index (κ1) is 15.9. The van der Waals surface area contributed by atoms with E-state index in [0.717, 1.165) is 16.8 Å². The quantitative estimate of drug-likeness (QED) is 0.778. The minimum Gasteiger partial charge on any atom is -0.439 e. The lowest BCUT2D eigenvalue weighted by Crippen LogP contribution is -2.39. The van der Waals surface area contributed by atoms with Gasteiger partial charge in [-0.05, 0) is 19.9 Å². The lowest BCUT2D eigenvalue weighted by molar-refractivity contribution is 0.0554. The number of carbonyl (C=O) groups excluding carboxylic acids is 2. The Balaban J connectivity index is 1.69. The molecule has 1 atom stereocenters. The second-order valence-electron chi connectivity index (χ2n) is 7.10. The Morgan fingerprint density at radius 1 is 1.28 bits per heavy atom. The number of ether oxygens (including phenoxy) is 1. The first-order valence-electron chi connectivity index (χ1n) is 8.34. The zero-order valence-electron chi connectivity index (χ0n) is 14.9. The Morgan fingerprint density at radius 3 is 2.72 bits per heavy atom. The van der Waals surface area contributed by atoms with Crippen molar-refractivity contribution < 1.29 is 14.3 Å². The summed E-state index contributed by atoms with van der Waals surface area (Å²) in [6, 6.07) is 1.82. The number of aryl methyl sites for hydroxylation is 3. The van der Waals surface area contributed by atoms with Crippen LogP contribution in [-0.2, 0) is 11.8 Å². The van der Waals surface area contributed by atoms with E-state index in [9.17, 15) is 9.59 Å². The summed E-state index contributed by atoms with van der Waals surface area (Å²) >= 11 is 0. The molecule has 0 aliphatic carbocycles. The van der Waals surface area contributed by atoms with Crippen molar-refractivity contribution in [2.45, 2.75) is 25.9 Å². The van der Waals surface area contributed by atoms with Gasteiger partial charge in [-0.1, -0.05) is 0 Å². The summed E-state index contributed by atoms with van der Waals surface area (Å²) in [5.74, 6) is -0.0610. The number of pyridine rings is 1. The average molecular weight is 343 g/mol. The van der Waals surface area contributed by atoms with Crippen LogP contribution in [0.15, 0.2) is 6.07 Å². The van der Waals surface area contributed by atoms with Crippen molar-refractivity contribution in [3.05, 3.63) is 23.0 Å². The van der Waals surface area contributed by atoms with Crippen molar-refractivity contribution in [1.82, 2.24) is 24.6 Å². The van der Waals surface area contributed by atoms with E-state index < -0.39 is 5.60 Å². The third-order valence-electron chi connectivity index (χ3n) is 5.07. The SMILES string of the molecule is Cc1cc(C(=O)N2CC[C@]3(CN(C)C(=O)O3)C2)c2c(C)nn(C)c2n1. The average Bonchev–Trinajstić information content (AvgIpc) is 3.16. The van der Waals surface area contributed by atoms with Gasteiger partial charge in [0.1, 0.15) is 0 Å². The van der Waals surface area contributed by atoms with E-state index >= 15 is 0 Å². The van der Waals surface area contributed by atoms with Crippen LogP contribution in [0.4, 0.5) is 4.79 Å². The Hall–Kier alpha value is -2.64. The number of rotatable bonds is 1. The third kappa shape index (κ3) is 2.35. The number of nitrogens with zero attached hydrogens (tertiary/aromatic N) is 5. The number of hydrogen-bond donors (Lipinski definition) is 0. The largest absolute Gasteiger partial charge is 0.439 e. The minimum absolute atomic E-state index is 0.0610. The van der Waals surface area contributed by atoms with Gasteiger partial charge in [-0.25, -0.2) is 9.78 Å². The van der Waals surface area contributed by atoms with Crippen LogP contribution in [-0.4, -0.2) is 68.8 Å². The summed E-state index contributed by atoms with van der Waals surface area (Å²) in [6.07, 6.45) is 0.341. The highest BCUT2D eigenvalue weighted by Gasteiger charge is 2.49. The van der Waals surface area contributed by atoms with E-state index in [-0.39, 0.29) is 12.0 Å². The summed E-state index contributed by atoms with van der Waals surface area (Å²) in [4.78, 5) is 32.8. The molecule has 2 aliphatic rings. The topological polar surface area (TPSA) is 80.6 Å². The molecule has 25 heavy (non-hydrogen) atoms. The summed E-state index contributed by atoms with van der Waals surface area (Å²) in [5.41, 5.74) is 2.31. The molecule has 2 aromatic rings. The Bertz CT molecular complexity index is 905. The first-order valence-corrected chi connectivity index (χ1v) is 8.34. The van der Waals surface area contributed by atoms with E-state index in [0.29, 0.717) is 37.3 Å². The predicted octanol–water partition coefficient (Wildman–Crippen LogP) is 1.25. The van der Waals surface area contributed by atoms with Crippen LogP contribution in [0, 0.1) is 13.8 Å². The van der Waals surface area contributed by atoms with Gasteiger partial charge in [0.2, 0.25) is 0 Å². The Morgan fingerprint density at radius 2 is 2.04 bits per heavy atom. The van der Waals surface area contributed by atoms with Crippen LogP contribution < -0.4 is 0 Å². The molecule has 1 spiro atoms. The molecule has 0 aromatic carbocycles. The van der Waals surface area contributed by atoms with Gasteiger partial charge in [-0.3, -0.25) is 9.48 Å². The fourth-order valence-electron chi connectivity index (χ4n) is 3.93. The molecule has 4 heterocycles. The molecule has 0 unspecified atom stereocenters. The van der Waals surface area contributed by atoms with E-state index in [2.05, 4.69) is 10.1 Å². The molecule has 2 amide bonds. The summed E-state index contributed by atoms with van der Waals surface area (Å²) < 4.78 is 7.24. The van der Waals surface area contributed by atoms with Gasteiger partial charge in [-0.2, -0.15) is 5.10 Å². The third-order valence-corrected chi connectivity index (χ3v) is 5.07. The standard InChI is InChI=1S/C17H21N5O3/c1-10-7-12(13-11(2)19-21(4)14(13)18-10)15(23)22-6-5-17(9-22)8-20(3)16(24)25-17/h7H,5-6,8-9H2,1-4H3/t17-/m0/s1. The van der Waals surface area contributed by atoms with E-state index in [1.54, 1.807) is 21.5 Å². The minimum atomic E-state index is -0.577. The van der Waals surface area contributed by atoms with Gasteiger partial charge in [0.25, 0.3) is 5.91 Å². The molecule has 2 aliphatic heterocycles. The van der Waals surface area contributed by atoms with Gasteiger partial charge in [0, 0.05) is 32.8 Å². The van der Waals surface area contributed by atoms with Crippen LogP contribution in [0.2, 0.25) is 0 Å². The maximum atomic E-state index is 13.2. The molecule has 2 fully saturated rings. The fraction of sp³-hybridized carbons (Fsp3) is 0.529. The monoisotopic (exact) mass is 343 g/mol. The molecule has 0 radical (unpaired) electrons. The summed E-state index contributed by atoms with van der Waals surface area (Å²) in [6.45, 7) is 5.27. The Labute approximate surface area is 145 Å². The smallest absolute Gasteiger partial charge is 0.410 e. The molecule has 0 bridgehead atoms. The van der Waals surface area contributed by atoms with Crippen LogP contribution in [0.5, 0.6) is 0 Å². The maximum Gasteiger partial charge on any atom is 0.410 e. The lowest BCUT2D eigenvalue weighted by atomic mass is 10.0. The van der Waals surface area contributed by atoms with Crippen LogP contribution in [0.25, 0.3) is 11.0 Å². The van der Waals surface area contributed by atoms with E-state index in [1.807, 2.05) is 27.0 Å². The summed E-state index contributed by atoms with van der Waals surface area (Å²) in [7, 11) is 3.55. The van der Waals surface area contributed by atoms with Crippen molar-refractivity contribution in [2.24, 2.45) is 7.05 Å². The van der Waals surface area contributed by atoms with Crippen LogP contribution in [0.1, 0.15) is 28.2 Å². The Kier molecular flexibility index (Phi) is 3.28. The number of fused-ring (bicyclic) bond motifs is 1. The van der Waals surface area contributed by atoms with Crippen molar-refractivity contribution in [3.8, 4) is 0 Å². The molecule has 132 valence electrons. The molecular weight excluding hydrogens is 322 g/mol. The molecule has 8 heteroatoms. The van der Waals surface area contributed by atoms with Gasteiger partial charge >= 0.3 is 6.09 Å². The second-order valence-corrected chi connectivity index (χ2v) is 7.10. The van der Waals surface area contributed by atoms with Crippen LogP contribution in [0.3, 0.4) is 0 Å². The number of hydrogen-bond acceptors (Lipinski definition) is 5. The van der Waals surface area contributed by atoms with Gasteiger partial charge < -0.3 is 14.5 Å². The molecule has 8 nitrogen and oxygen atoms in total. The molecule has 2 aromatic heterocycles. The maximum absolute atomic E-state index is 13.2. The van der Waals surface area contributed by atoms with Gasteiger partial charge in [0.05, 0.1) is 29.7 Å². The van der Waals surface area contributed by atoms with Crippen LogP contribution >= 0.6 is 0 Å². The number of amides is 2. The van der Waals surface area contributed by atoms with E-state index in [1.165, 1.54) is 0 Å². The van der Waals surface area contributed by atoms with Crippen molar-refractivity contribution >= 4 is 23.0 Å². The normalized spacial score (nSPS) is 23.1. The molecule has 4 rings (SSSR count). The predicted molar refractivity (Wildman–Crippen MR) is 90.3 cm³/mol. The first-order chi connectivity index (χ1) is 11.8. The zero-order valence-corrected chi connectivity index (χ0v) is 14.9. The highest BCUT2D eigenvalue weighted by atomic mass is 16.6. The highest BCUT2D eigenvalue weighted by molar-refractivity contribution is 6.06. The molecule has 2 saturated heterocycles. The molecular formula is C17H21N5O3. The summed E-state index contributed by atoms with van der Waals surface area (Å²) in [5, 5.41) is 5.19. The number of carbonyl (C=O) groups is 2. The molecule has 0 N–H and O–H groups in total. The number of likely N-dealkylation sites (tertiary alicyclic amines) is 1. The number of likely N-dealkylation sites (N-methyl/N-ethyl adjacent to an activating group) is 1. The second kappa shape index (κ2) is 5.18. The van der Waals surface area contributed by atoms with Crippen molar-refractivity contribution in [3.63, 3.8) is 0 Å². The van der Waals surface area contributed by atoms with E-state index in [4.69, 9.17) is 4.74 Å². The fourth-order valence-corrected chi connectivity index (χ4v) is 3.93. The molecule has 0 saturated carbocycles. The van der Waals surface area contributed by atoms with Gasteiger partial charge in [0.15, 0.2) is 11.2 Å². The lowest BCUT2D eigenvalue weighted by Gasteiger charge is -2.22. The van der Waals surface area contributed by atoms with Crippen molar-refractivity contribution in [1.29, 1.82) is 0 Å².